The first-order chi connectivity index (χ1) is 10.2. The molecule has 0 bridgehead atoms. The van der Waals surface area contributed by atoms with Crippen LogP contribution in [0.5, 0.6) is 5.75 Å². The van der Waals surface area contributed by atoms with Crippen LogP contribution in [0, 0.1) is 6.92 Å². The summed E-state index contributed by atoms with van der Waals surface area (Å²) in [5.41, 5.74) is 3.94. The average Bonchev–Trinajstić information content (AvgIpc) is 2.52. The van der Waals surface area contributed by atoms with Crippen LogP contribution >= 0.6 is 0 Å². The quantitative estimate of drug-likeness (QED) is 0.628. The first kappa shape index (κ1) is 15.1. The Bertz CT molecular complexity index is 590. The molecule has 0 heterocycles. The Hall–Kier alpha value is -2.33. The maximum atomic E-state index is 10.1. The minimum Gasteiger partial charge on any atom is -0.489 e. The molecule has 1 N–H and O–H groups in total. The molecule has 0 fully saturated rings. The molecule has 0 spiro atoms. The number of aryl methyl sites for hydroxylation is 1. The molecule has 2 aromatic carbocycles. The van der Waals surface area contributed by atoms with Crippen molar-refractivity contribution in [1.29, 1.82) is 0 Å². The third-order valence-corrected chi connectivity index (χ3v) is 3.12. The highest BCUT2D eigenvalue weighted by Crippen LogP contribution is 2.31. The van der Waals surface area contributed by atoms with E-state index in [-0.39, 0.29) is 19.8 Å². The Morgan fingerprint density at radius 2 is 1.86 bits per heavy atom. The summed E-state index contributed by atoms with van der Waals surface area (Å²) < 4.78 is 10.3. The van der Waals surface area contributed by atoms with Gasteiger partial charge in [0, 0.05) is 5.56 Å². The van der Waals surface area contributed by atoms with E-state index in [2.05, 4.69) is 4.74 Å². The molecule has 0 atom stereocenters. The van der Waals surface area contributed by atoms with Crippen LogP contribution in [0.4, 0.5) is 0 Å². The third-order valence-electron chi connectivity index (χ3n) is 3.12. The molecule has 0 saturated carbocycles. The Kier molecular flexibility index (Phi) is 5.35. The van der Waals surface area contributed by atoms with Crippen LogP contribution in [-0.4, -0.2) is 24.8 Å². The van der Waals surface area contributed by atoms with E-state index < -0.39 is 0 Å². The van der Waals surface area contributed by atoms with Crippen LogP contribution in [-0.2, 0) is 16.1 Å². The second kappa shape index (κ2) is 7.45. The van der Waals surface area contributed by atoms with Crippen LogP contribution in [0.2, 0.25) is 0 Å². The Balaban J connectivity index is 2.26. The smallest absolute Gasteiger partial charge is 0.293 e. The molecule has 110 valence electrons. The summed E-state index contributed by atoms with van der Waals surface area (Å²) in [7, 11) is 0. The van der Waals surface area contributed by atoms with Gasteiger partial charge in [0.2, 0.25) is 0 Å². The summed E-state index contributed by atoms with van der Waals surface area (Å²) >= 11 is 0. The summed E-state index contributed by atoms with van der Waals surface area (Å²) in [5.74, 6) is 0.667. The van der Waals surface area contributed by atoms with Crippen LogP contribution < -0.4 is 4.74 Å². The molecule has 2 aromatic rings. The van der Waals surface area contributed by atoms with Gasteiger partial charge in [0.25, 0.3) is 6.47 Å². The topological polar surface area (TPSA) is 55.8 Å². The molecule has 0 radical (unpaired) electrons. The Morgan fingerprint density at radius 3 is 2.52 bits per heavy atom. The molecule has 0 saturated heterocycles. The van der Waals surface area contributed by atoms with E-state index in [1.54, 1.807) is 6.07 Å². The number of carbonyl (C=O) groups excluding carboxylic acids is 1. The van der Waals surface area contributed by atoms with Gasteiger partial charge in [-0.25, -0.2) is 0 Å². The molecule has 4 nitrogen and oxygen atoms in total. The number of hydrogen-bond donors (Lipinski definition) is 1. The SMILES string of the molecule is Cc1ccc(-c2ccc(CO)cc2OCCOC=O)cc1. The van der Waals surface area contributed by atoms with E-state index in [4.69, 9.17) is 4.74 Å². The number of ether oxygens (including phenoxy) is 2. The number of benzene rings is 2. The lowest BCUT2D eigenvalue weighted by atomic mass is 10.0. The maximum absolute atomic E-state index is 10.1. The summed E-state index contributed by atoms with van der Waals surface area (Å²) in [4.78, 5) is 10.1. The second-order valence-electron chi connectivity index (χ2n) is 4.67. The zero-order chi connectivity index (χ0) is 15.1. The molecule has 0 aliphatic rings. The van der Waals surface area contributed by atoms with E-state index in [9.17, 15) is 9.90 Å². The molecule has 0 aliphatic heterocycles. The Morgan fingerprint density at radius 1 is 1.10 bits per heavy atom. The van der Waals surface area contributed by atoms with Crippen molar-refractivity contribution in [3.8, 4) is 16.9 Å². The highest BCUT2D eigenvalue weighted by Gasteiger charge is 2.08. The summed E-state index contributed by atoms with van der Waals surface area (Å²) in [6.07, 6.45) is 0. The molecule has 4 heteroatoms. The van der Waals surface area contributed by atoms with Gasteiger partial charge in [0.15, 0.2) is 0 Å². The van der Waals surface area contributed by atoms with Crippen molar-refractivity contribution in [2.24, 2.45) is 0 Å². The number of hydrogen-bond acceptors (Lipinski definition) is 4. The molecule has 2 rings (SSSR count). The van der Waals surface area contributed by atoms with Gasteiger partial charge in [-0.3, -0.25) is 4.79 Å². The molecular weight excluding hydrogens is 268 g/mol. The number of aliphatic hydroxyl groups is 1. The summed E-state index contributed by atoms with van der Waals surface area (Å²) in [6.45, 7) is 2.85. The van der Waals surface area contributed by atoms with Crippen molar-refractivity contribution in [3.05, 3.63) is 53.6 Å². The highest BCUT2D eigenvalue weighted by atomic mass is 16.5. The van der Waals surface area contributed by atoms with E-state index in [1.807, 2.05) is 43.3 Å². The van der Waals surface area contributed by atoms with E-state index in [0.29, 0.717) is 12.2 Å². The zero-order valence-corrected chi connectivity index (χ0v) is 11.9. The molecule has 21 heavy (non-hydrogen) atoms. The normalized spacial score (nSPS) is 10.2. The maximum Gasteiger partial charge on any atom is 0.293 e. The Labute approximate surface area is 123 Å². The standard InChI is InChI=1S/C17H18O4/c1-13-2-5-15(6-3-13)16-7-4-14(11-18)10-17(16)21-9-8-20-12-19/h2-7,10,12,18H,8-9,11H2,1H3. The number of aliphatic hydroxyl groups excluding tert-OH is 1. The third kappa shape index (κ3) is 4.07. The van der Waals surface area contributed by atoms with Gasteiger partial charge in [-0.15, -0.1) is 0 Å². The zero-order valence-electron chi connectivity index (χ0n) is 11.9. The van der Waals surface area contributed by atoms with Gasteiger partial charge in [-0.1, -0.05) is 42.0 Å². The first-order valence-electron chi connectivity index (χ1n) is 6.73. The van der Waals surface area contributed by atoms with E-state index in [1.165, 1.54) is 5.56 Å². The second-order valence-corrected chi connectivity index (χ2v) is 4.67. The van der Waals surface area contributed by atoms with Gasteiger partial charge in [-0.05, 0) is 24.1 Å². The van der Waals surface area contributed by atoms with Crippen molar-refractivity contribution in [1.82, 2.24) is 0 Å². The minimum atomic E-state index is -0.0463. The van der Waals surface area contributed by atoms with Crippen molar-refractivity contribution in [3.63, 3.8) is 0 Å². The first-order valence-corrected chi connectivity index (χ1v) is 6.73. The van der Waals surface area contributed by atoms with Gasteiger partial charge in [0.1, 0.15) is 19.0 Å². The number of carbonyl (C=O) groups is 1. The molecular formula is C17H18O4. The van der Waals surface area contributed by atoms with Crippen molar-refractivity contribution in [2.75, 3.05) is 13.2 Å². The summed E-state index contributed by atoms with van der Waals surface area (Å²) in [5, 5.41) is 9.24. The largest absolute Gasteiger partial charge is 0.489 e. The average molecular weight is 286 g/mol. The number of rotatable bonds is 7. The van der Waals surface area contributed by atoms with Gasteiger partial charge in [-0.2, -0.15) is 0 Å². The minimum absolute atomic E-state index is 0.0463. The van der Waals surface area contributed by atoms with Crippen LogP contribution in [0.25, 0.3) is 11.1 Å². The fourth-order valence-corrected chi connectivity index (χ4v) is 2.00. The summed E-state index contributed by atoms with van der Waals surface area (Å²) in [6, 6.07) is 13.7. The monoisotopic (exact) mass is 286 g/mol. The van der Waals surface area contributed by atoms with Crippen LogP contribution in [0.1, 0.15) is 11.1 Å². The fraction of sp³-hybridized carbons (Fsp3) is 0.235. The van der Waals surface area contributed by atoms with Crippen LogP contribution in [0.3, 0.4) is 0 Å². The van der Waals surface area contributed by atoms with E-state index in [0.717, 1.165) is 16.7 Å². The molecule has 0 unspecified atom stereocenters. The van der Waals surface area contributed by atoms with Gasteiger partial charge < -0.3 is 14.6 Å². The van der Waals surface area contributed by atoms with Crippen molar-refractivity contribution in [2.45, 2.75) is 13.5 Å². The predicted molar refractivity (Wildman–Crippen MR) is 80.0 cm³/mol. The van der Waals surface area contributed by atoms with Crippen molar-refractivity contribution >= 4 is 6.47 Å². The lowest BCUT2D eigenvalue weighted by molar-refractivity contribution is -0.129. The van der Waals surface area contributed by atoms with Crippen molar-refractivity contribution < 1.29 is 19.4 Å². The molecule has 0 amide bonds. The lowest BCUT2D eigenvalue weighted by Gasteiger charge is -2.13. The lowest BCUT2D eigenvalue weighted by Crippen LogP contribution is -2.06. The van der Waals surface area contributed by atoms with Gasteiger partial charge >= 0.3 is 0 Å². The van der Waals surface area contributed by atoms with Crippen LogP contribution in [0.15, 0.2) is 42.5 Å². The molecule has 0 aliphatic carbocycles. The van der Waals surface area contributed by atoms with Gasteiger partial charge in [0.05, 0.1) is 6.61 Å². The van der Waals surface area contributed by atoms with E-state index >= 15 is 0 Å². The fourth-order valence-electron chi connectivity index (χ4n) is 2.00. The predicted octanol–water partition coefficient (Wildman–Crippen LogP) is 2.71. The highest BCUT2D eigenvalue weighted by molar-refractivity contribution is 5.71. The molecule has 0 aromatic heterocycles.